The molecule has 0 atom stereocenters. The van der Waals surface area contributed by atoms with Crippen LogP contribution in [0.25, 0.3) is 11.0 Å². The number of aromatic nitrogens is 2. The van der Waals surface area contributed by atoms with Crippen LogP contribution in [0, 0.1) is 19.3 Å². The molecular formula is C15H21N3O. The maximum Gasteiger partial charge on any atom is 0.224 e. The number of benzene rings is 1. The van der Waals surface area contributed by atoms with Crippen molar-refractivity contribution in [1.82, 2.24) is 9.97 Å². The average Bonchev–Trinajstić information content (AvgIpc) is 2.69. The van der Waals surface area contributed by atoms with Gasteiger partial charge in [-0.2, -0.15) is 0 Å². The van der Waals surface area contributed by atoms with Crippen LogP contribution in [-0.4, -0.2) is 15.9 Å². The Labute approximate surface area is 113 Å². The number of nitrogens with zero attached hydrogens (tertiary/aromatic N) is 1. The number of carbonyl (C=O) groups excluding carboxylic acids is 1. The molecule has 0 aliphatic heterocycles. The lowest BCUT2D eigenvalue weighted by atomic mass is 9.92. The molecule has 102 valence electrons. The van der Waals surface area contributed by atoms with E-state index in [2.05, 4.69) is 36.1 Å². The van der Waals surface area contributed by atoms with Crippen molar-refractivity contribution in [3.05, 3.63) is 23.5 Å². The summed E-state index contributed by atoms with van der Waals surface area (Å²) in [5.41, 5.74) is 4.85. The van der Waals surface area contributed by atoms with Gasteiger partial charge in [0.2, 0.25) is 5.91 Å². The SMILES string of the molecule is Cc1cc2[nH]cnc2c(C)c1NC(=O)CC(C)(C)C. The van der Waals surface area contributed by atoms with Crippen LogP contribution in [0.3, 0.4) is 0 Å². The van der Waals surface area contributed by atoms with E-state index in [9.17, 15) is 4.79 Å². The van der Waals surface area contributed by atoms with Crippen LogP contribution < -0.4 is 5.32 Å². The molecule has 1 amide bonds. The Morgan fingerprint density at radius 3 is 2.68 bits per heavy atom. The van der Waals surface area contributed by atoms with Gasteiger partial charge in [-0.1, -0.05) is 20.8 Å². The highest BCUT2D eigenvalue weighted by molar-refractivity contribution is 5.96. The standard InChI is InChI=1S/C15H21N3O/c1-9-6-11-14(17-8-16-11)10(2)13(9)18-12(19)7-15(3,4)5/h6,8H,7H2,1-5H3,(H,16,17)(H,18,19). The van der Waals surface area contributed by atoms with Crippen molar-refractivity contribution in [2.45, 2.75) is 41.0 Å². The van der Waals surface area contributed by atoms with E-state index >= 15 is 0 Å². The monoisotopic (exact) mass is 259 g/mol. The molecule has 0 fully saturated rings. The molecule has 0 aliphatic rings. The molecule has 2 aromatic rings. The number of fused-ring (bicyclic) bond motifs is 1. The molecule has 0 bridgehead atoms. The van der Waals surface area contributed by atoms with Crippen LogP contribution in [0.2, 0.25) is 0 Å². The predicted octanol–water partition coefficient (Wildman–Crippen LogP) is 3.55. The molecule has 4 nitrogen and oxygen atoms in total. The Kier molecular flexibility index (Phi) is 3.35. The maximum absolute atomic E-state index is 12.1. The van der Waals surface area contributed by atoms with Crippen LogP contribution in [-0.2, 0) is 4.79 Å². The number of anilines is 1. The summed E-state index contributed by atoms with van der Waals surface area (Å²) < 4.78 is 0. The number of amides is 1. The number of carbonyl (C=O) groups is 1. The normalized spacial score (nSPS) is 11.8. The topological polar surface area (TPSA) is 57.8 Å². The van der Waals surface area contributed by atoms with E-state index < -0.39 is 0 Å². The number of aromatic amines is 1. The lowest BCUT2D eigenvalue weighted by molar-refractivity contribution is -0.117. The Balaban J connectivity index is 2.32. The summed E-state index contributed by atoms with van der Waals surface area (Å²) in [7, 11) is 0. The Morgan fingerprint density at radius 1 is 1.37 bits per heavy atom. The van der Waals surface area contributed by atoms with Crippen molar-refractivity contribution in [1.29, 1.82) is 0 Å². The van der Waals surface area contributed by atoms with Crippen LogP contribution in [0.4, 0.5) is 5.69 Å². The van der Waals surface area contributed by atoms with Gasteiger partial charge in [0.25, 0.3) is 0 Å². The first-order valence-corrected chi connectivity index (χ1v) is 6.51. The van der Waals surface area contributed by atoms with Crippen LogP contribution in [0.1, 0.15) is 38.3 Å². The van der Waals surface area contributed by atoms with E-state index in [1.165, 1.54) is 0 Å². The summed E-state index contributed by atoms with van der Waals surface area (Å²) in [6, 6.07) is 2.02. The fourth-order valence-corrected chi connectivity index (χ4v) is 2.27. The molecule has 0 unspecified atom stereocenters. The quantitative estimate of drug-likeness (QED) is 0.866. The van der Waals surface area contributed by atoms with Gasteiger partial charge in [0.05, 0.1) is 17.4 Å². The first kappa shape index (κ1) is 13.6. The number of aryl methyl sites for hydroxylation is 2. The average molecular weight is 259 g/mol. The lowest BCUT2D eigenvalue weighted by Crippen LogP contribution is -2.20. The van der Waals surface area contributed by atoms with E-state index in [1.807, 2.05) is 19.9 Å². The van der Waals surface area contributed by atoms with E-state index in [4.69, 9.17) is 0 Å². The largest absolute Gasteiger partial charge is 0.345 e. The van der Waals surface area contributed by atoms with Gasteiger partial charge in [-0.3, -0.25) is 4.79 Å². The molecule has 1 aromatic carbocycles. The Bertz CT molecular complexity index is 620. The molecule has 1 heterocycles. The van der Waals surface area contributed by atoms with Gasteiger partial charge in [0.1, 0.15) is 0 Å². The van der Waals surface area contributed by atoms with Crippen LogP contribution in [0.5, 0.6) is 0 Å². The molecule has 0 spiro atoms. The highest BCUT2D eigenvalue weighted by Gasteiger charge is 2.18. The molecule has 0 saturated heterocycles. The van der Waals surface area contributed by atoms with Crippen LogP contribution in [0.15, 0.2) is 12.4 Å². The second kappa shape index (κ2) is 4.68. The van der Waals surface area contributed by atoms with Crippen molar-refractivity contribution < 1.29 is 4.79 Å². The zero-order valence-corrected chi connectivity index (χ0v) is 12.2. The minimum Gasteiger partial charge on any atom is -0.345 e. The third-order valence-electron chi connectivity index (χ3n) is 3.11. The zero-order valence-electron chi connectivity index (χ0n) is 12.2. The highest BCUT2D eigenvalue weighted by Crippen LogP contribution is 2.28. The molecule has 4 heteroatoms. The van der Waals surface area contributed by atoms with E-state index in [0.717, 1.165) is 27.8 Å². The number of hydrogen-bond donors (Lipinski definition) is 2. The van der Waals surface area contributed by atoms with Gasteiger partial charge in [0.15, 0.2) is 0 Å². The minimum absolute atomic E-state index is 0.0116. The summed E-state index contributed by atoms with van der Waals surface area (Å²) in [4.78, 5) is 19.5. The molecule has 0 aliphatic carbocycles. The fraction of sp³-hybridized carbons (Fsp3) is 0.467. The first-order valence-electron chi connectivity index (χ1n) is 6.51. The third-order valence-corrected chi connectivity index (χ3v) is 3.11. The van der Waals surface area contributed by atoms with Crippen molar-refractivity contribution in [2.24, 2.45) is 5.41 Å². The highest BCUT2D eigenvalue weighted by atomic mass is 16.1. The molecule has 19 heavy (non-hydrogen) atoms. The van der Waals surface area contributed by atoms with E-state index in [0.29, 0.717) is 6.42 Å². The van der Waals surface area contributed by atoms with Gasteiger partial charge < -0.3 is 10.3 Å². The smallest absolute Gasteiger partial charge is 0.224 e. The summed E-state index contributed by atoms with van der Waals surface area (Å²) in [5, 5.41) is 3.02. The van der Waals surface area contributed by atoms with Crippen molar-refractivity contribution >= 4 is 22.6 Å². The summed E-state index contributed by atoms with van der Waals surface area (Å²) in [6.45, 7) is 10.2. The van der Waals surface area contributed by atoms with Crippen molar-refractivity contribution in [3.63, 3.8) is 0 Å². The van der Waals surface area contributed by atoms with E-state index in [-0.39, 0.29) is 11.3 Å². The number of H-pyrrole nitrogens is 1. The van der Waals surface area contributed by atoms with E-state index in [1.54, 1.807) is 6.33 Å². The summed E-state index contributed by atoms with van der Waals surface area (Å²) in [6.07, 6.45) is 2.18. The van der Waals surface area contributed by atoms with Crippen molar-refractivity contribution in [3.8, 4) is 0 Å². The first-order chi connectivity index (χ1) is 8.78. The number of nitrogens with one attached hydrogen (secondary N) is 2. The summed E-state index contributed by atoms with van der Waals surface area (Å²) >= 11 is 0. The van der Waals surface area contributed by atoms with Crippen molar-refractivity contribution in [2.75, 3.05) is 5.32 Å². The van der Waals surface area contributed by atoms with Gasteiger partial charge in [-0.15, -0.1) is 0 Å². The molecule has 0 saturated carbocycles. The van der Waals surface area contributed by atoms with Gasteiger partial charge in [-0.05, 0) is 30.9 Å². The second-order valence-corrected chi connectivity index (χ2v) is 6.28. The predicted molar refractivity (Wildman–Crippen MR) is 78.3 cm³/mol. The molecule has 2 N–H and O–H groups in total. The Hall–Kier alpha value is -1.84. The minimum atomic E-state index is -0.0116. The summed E-state index contributed by atoms with van der Waals surface area (Å²) in [5.74, 6) is 0.0496. The van der Waals surface area contributed by atoms with Gasteiger partial charge >= 0.3 is 0 Å². The van der Waals surface area contributed by atoms with Gasteiger partial charge in [0, 0.05) is 17.7 Å². The molecule has 0 radical (unpaired) electrons. The zero-order chi connectivity index (χ0) is 14.2. The third kappa shape index (κ3) is 2.95. The van der Waals surface area contributed by atoms with Crippen LogP contribution >= 0.6 is 0 Å². The number of rotatable bonds is 2. The van der Waals surface area contributed by atoms with Gasteiger partial charge in [-0.25, -0.2) is 4.98 Å². The fourth-order valence-electron chi connectivity index (χ4n) is 2.27. The second-order valence-electron chi connectivity index (χ2n) is 6.28. The molecule has 1 aromatic heterocycles. The molecular weight excluding hydrogens is 238 g/mol. The number of imidazole rings is 1. The number of hydrogen-bond acceptors (Lipinski definition) is 2. The maximum atomic E-state index is 12.1. The molecule has 2 rings (SSSR count). The Morgan fingerprint density at radius 2 is 2.05 bits per heavy atom. The lowest BCUT2D eigenvalue weighted by Gasteiger charge is -2.19.